The zero-order chi connectivity index (χ0) is 19.0. The Morgan fingerprint density at radius 2 is 1.81 bits per heavy atom. The van der Waals surface area contributed by atoms with E-state index >= 15 is 0 Å². The summed E-state index contributed by atoms with van der Waals surface area (Å²) in [6.45, 7) is 4.03. The lowest BCUT2D eigenvalue weighted by molar-refractivity contribution is -0.125. The van der Waals surface area contributed by atoms with Crippen molar-refractivity contribution in [1.29, 1.82) is 0 Å². The fourth-order valence-corrected chi connectivity index (χ4v) is 4.68. The molecule has 0 amide bonds. The van der Waals surface area contributed by atoms with Gasteiger partial charge in [-0.1, -0.05) is 35.7 Å². The smallest absolute Gasteiger partial charge is 0.153 e. The van der Waals surface area contributed by atoms with Gasteiger partial charge in [0.2, 0.25) is 0 Å². The molecule has 0 unspecified atom stereocenters. The third kappa shape index (κ3) is 5.60. The highest BCUT2D eigenvalue weighted by Crippen LogP contribution is 2.46. The van der Waals surface area contributed by atoms with Gasteiger partial charge in [0.25, 0.3) is 0 Å². The van der Waals surface area contributed by atoms with Crippen LogP contribution in [-0.2, 0) is 10.2 Å². The van der Waals surface area contributed by atoms with Crippen molar-refractivity contribution in [3.63, 3.8) is 0 Å². The summed E-state index contributed by atoms with van der Waals surface area (Å²) in [5.74, 6) is 1.83. The molecule has 1 saturated carbocycles. The van der Waals surface area contributed by atoms with E-state index in [0.29, 0.717) is 34.7 Å². The first-order valence-electron chi connectivity index (χ1n) is 9.22. The van der Waals surface area contributed by atoms with Crippen LogP contribution in [-0.4, -0.2) is 54.9 Å². The van der Waals surface area contributed by atoms with E-state index in [-0.39, 0.29) is 5.41 Å². The average molecular weight is 418 g/mol. The number of nitrogens with zero attached hydrogens (tertiary/aromatic N) is 1. The fourth-order valence-electron chi connectivity index (χ4n) is 3.45. The normalized spacial score (nSPS) is 15.9. The quantitative estimate of drug-likeness (QED) is 0.510. The highest BCUT2D eigenvalue weighted by molar-refractivity contribution is 7.99. The number of carbonyl (C=O) groups is 1. The molecule has 4 N–H and O–H groups in total. The van der Waals surface area contributed by atoms with E-state index in [1.165, 1.54) is 0 Å². The molecule has 0 bridgehead atoms. The Bertz CT molecular complexity index is 590. The second-order valence-corrected chi connectivity index (χ2v) is 8.73. The van der Waals surface area contributed by atoms with Crippen molar-refractivity contribution in [2.24, 2.45) is 11.5 Å². The molecule has 146 valence electrons. The summed E-state index contributed by atoms with van der Waals surface area (Å²) in [6, 6.07) is 5.61. The van der Waals surface area contributed by atoms with E-state index in [9.17, 15) is 4.79 Å². The van der Waals surface area contributed by atoms with Crippen molar-refractivity contribution in [3.05, 3.63) is 33.8 Å². The SMILES string of the molecule is NCCN(CCN)CCCSCC(=O)C1(c2ccc(Cl)c(Cl)c2)CCC1. The van der Waals surface area contributed by atoms with Gasteiger partial charge in [0.1, 0.15) is 0 Å². The number of hydrogen-bond acceptors (Lipinski definition) is 5. The van der Waals surface area contributed by atoms with Gasteiger partial charge < -0.3 is 16.4 Å². The van der Waals surface area contributed by atoms with Gasteiger partial charge in [-0.3, -0.25) is 4.79 Å². The molecule has 4 nitrogen and oxygen atoms in total. The second-order valence-electron chi connectivity index (χ2n) is 6.81. The van der Waals surface area contributed by atoms with Gasteiger partial charge in [-0.2, -0.15) is 11.8 Å². The lowest BCUT2D eigenvalue weighted by Gasteiger charge is -2.41. The van der Waals surface area contributed by atoms with Crippen molar-refractivity contribution in [3.8, 4) is 0 Å². The van der Waals surface area contributed by atoms with Crippen molar-refractivity contribution in [2.75, 3.05) is 44.2 Å². The van der Waals surface area contributed by atoms with Crippen LogP contribution in [0.3, 0.4) is 0 Å². The molecule has 0 heterocycles. The maximum absolute atomic E-state index is 12.9. The van der Waals surface area contributed by atoms with Crippen LogP contribution in [0.15, 0.2) is 18.2 Å². The number of rotatable bonds is 12. The van der Waals surface area contributed by atoms with Crippen molar-refractivity contribution in [1.82, 2.24) is 4.90 Å². The first-order chi connectivity index (χ1) is 12.5. The van der Waals surface area contributed by atoms with E-state index in [4.69, 9.17) is 34.7 Å². The summed E-state index contributed by atoms with van der Waals surface area (Å²) in [5.41, 5.74) is 11.9. The third-order valence-corrected chi connectivity index (χ3v) is 6.88. The molecule has 0 spiro atoms. The lowest BCUT2D eigenvalue weighted by Crippen LogP contribution is -2.43. The van der Waals surface area contributed by atoms with E-state index < -0.39 is 0 Å². The van der Waals surface area contributed by atoms with E-state index in [2.05, 4.69) is 4.90 Å². The van der Waals surface area contributed by atoms with Crippen LogP contribution in [0.25, 0.3) is 0 Å². The minimum absolute atomic E-state index is 0.313. The Morgan fingerprint density at radius 3 is 2.35 bits per heavy atom. The molecule has 26 heavy (non-hydrogen) atoms. The van der Waals surface area contributed by atoms with Gasteiger partial charge in [0.15, 0.2) is 5.78 Å². The van der Waals surface area contributed by atoms with Crippen LogP contribution in [0.4, 0.5) is 0 Å². The number of benzene rings is 1. The maximum Gasteiger partial charge on any atom is 0.153 e. The van der Waals surface area contributed by atoms with Crippen LogP contribution < -0.4 is 11.5 Å². The van der Waals surface area contributed by atoms with Crippen LogP contribution in [0.1, 0.15) is 31.2 Å². The summed E-state index contributed by atoms with van der Waals surface area (Å²) >= 11 is 13.9. The molecule has 0 aromatic heterocycles. The molecular formula is C19H29Cl2N3OS. The number of hydrogen-bond donors (Lipinski definition) is 2. The zero-order valence-corrected chi connectivity index (χ0v) is 17.5. The van der Waals surface area contributed by atoms with Crippen LogP contribution in [0.2, 0.25) is 10.0 Å². The maximum atomic E-state index is 12.9. The monoisotopic (exact) mass is 417 g/mol. The molecule has 0 aliphatic heterocycles. The van der Waals surface area contributed by atoms with Crippen molar-refractivity contribution in [2.45, 2.75) is 31.1 Å². The number of thioether (sulfide) groups is 1. The number of carbonyl (C=O) groups excluding carboxylic acids is 1. The largest absolute Gasteiger partial charge is 0.329 e. The number of ketones is 1. The summed E-state index contributed by atoms with van der Waals surface area (Å²) in [4.78, 5) is 15.2. The minimum atomic E-state index is -0.355. The van der Waals surface area contributed by atoms with Crippen molar-refractivity contribution < 1.29 is 4.79 Å². The fraction of sp³-hybridized carbons (Fsp3) is 0.632. The standard InChI is InChI=1S/C19H29Cl2N3OS/c20-16-4-3-15(13-17(16)21)19(5-1-6-19)18(25)14-26-12-2-9-24(10-7-22)11-8-23/h3-4,13H,1-2,5-12,14,22-23H2. The van der Waals surface area contributed by atoms with Gasteiger partial charge in [-0.25, -0.2) is 0 Å². The first kappa shape index (κ1) is 22.0. The highest BCUT2D eigenvalue weighted by atomic mass is 35.5. The van der Waals surface area contributed by atoms with Gasteiger partial charge in [0, 0.05) is 26.2 Å². The topological polar surface area (TPSA) is 72.3 Å². The Kier molecular flexibility index (Phi) is 9.21. The van der Waals surface area contributed by atoms with Crippen LogP contribution in [0.5, 0.6) is 0 Å². The number of nitrogens with two attached hydrogens (primary N) is 2. The molecular weight excluding hydrogens is 389 g/mol. The van der Waals surface area contributed by atoms with Gasteiger partial charge in [0.05, 0.1) is 21.2 Å². The molecule has 1 fully saturated rings. The number of halogens is 2. The highest BCUT2D eigenvalue weighted by Gasteiger charge is 2.44. The number of Topliss-reactive ketones (excluding diaryl/α,β-unsaturated/α-hetero) is 1. The van der Waals surface area contributed by atoms with Crippen LogP contribution >= 0.6 is 35.0 Å². The van der Waals surface area contributed by atoms with E-state index in [1.54, 1.807) is 17.8 Å². The molecule has 0 saturated heterocycles. The molecule has 0 radical (unpaired) electrons. The average Bonchev–Trinajstić information content (AvgIpc) is 2.57. The van der Waals surface area contributed by atoms with E-state index in [0.717, 1.165) is 56.6 Å². The summed E-state index contributed by atoms with van der Waals surface area (Å²) < 4.78 is 0. The Morgan fingerprint density at radius 1 is 1.12 bits per heavy atom. The molecule has 1 aromatic rings. The predicted octanol–water partition coefficient (Wildman–Crippen LogP) is 3.33. The summed E-state index contributed by atoms with van der Waals surface area (Å²) in [7, 11) is 0. The van der Waals surface area contributed by atoms with Gasteiger partial charge >= 0.3 is 0 Å². The summed E-state index contributed by atoms with van der Waals surface area (Å²) in [5, 5.41) is 1.06. The van der Waals surface area contributed by atoms with Gasteiger partial charge in [-0.05, 0) is 49.3 Å². The van der Waals surface area contributed by atoms with Crippen LogP contribution in [0, 0.1) is 0 Å². The van der Waals surface area contributed by atoms with Crippen molar-refractivity contribution >= 4 is 40.7 Å². The molecule has 1 aliphatic rings. The zero-order valence-electron chi connectivity index (χ0n) is 15.2. The Labute approximate surface area is 171 Å². The summed E-state index contributed by atoms with van der Waals surface area (Å²) in [6.07, 6.45) is 3.94. The molecule has 0 atom stereocenters. The third-order valence-electron chi connectivity index (χ3n) is 5.10. The van der Waals surface area contributed by atoms with Gasteiger partial charge in [-0.15, -0.1) is 0 Å². The molecule has 2 rings (SSSR count). The molecule has 7 heteroatoms. The minimum Gasteiger partial charge on any atom is -0.329 e. The molecule has 1 aliphatic carbocycles. The Balaban J connectivity index is 1.81. The second kappa shape index (κ2) is 10.9. The van der Waals surface area contributed by atoms with E-state index in [1.807, 2.05) is 12.1 Å². The molecule has 1 aromatic carbocycles. The first-order valence-corrected chi connectivity index (χ1v) is 11.1. The lowest BCUT2D eigenvalue weighted by atomic mass is 9.62. The predicted molar refractivity (Wildman–Crippen MR) is 113 cm³/mol. The Hall–Kier alpha value is -0.300.